The van der Waals surface area contributed by atoms with E-state index >= 15 is 0 Å². The van der Waals surface area contributed by atoms with E-state index in [1.807, 2.05) is 36.0 Å². The highest BCUT2D eigenvalue weighted by Gasteiger charge is 2.30. The molecule has 0 atom stereocenters. The summed E-state index contributed by atoms with van der Waals surface area (Å²) in [6.07, 6.45) is -3.23. The summed E-state index contributed by atoms with van der Waals surface area (Å²) in [5.41, 5.74) is 3.12. The van der Waals surface area contributed by atoms with Crippen LogP contribution < -0.4 is 5.32 Å². The van der Waals surface area contributed by atoms with Gasteiger partial charge in [0.25, 0.3) is 0 Å². The molecule has 0 radical (unpaired) electrons. The van der Waals surface area contributed by atoms with Gasteiger partial charge in [0.1, 0.15) is 5.82 Å². The fraction of sp³-hybridized carbons (Fsp3) is 0.269. The van der Waals surface area contributed by atoms with Crippen LogP contribution in [0.25, 0.3) is 11.0 Å². The van der Waals surface area contributed by atoms with Gasteiger partial charge in [0, 0.05) is 18.0 Å². The average Bonchev–Trinajstić information content (AvgIpc) is 3.14. The molecule has 1 heterocycles. The lowest BCUT2D eigenvalue weighted by Gasteiger charge is -2.12. The van der Waals surface area contributed by atoms with Crippen LogP contribution in [0.1, 0.15) is 35.9 Å². The van der Waals surface area contributed by atoms with E-state index < -0.39 is 11.7 Å². The number of nitrogens with zero attached hydrogens (tertiary/aromatic N) is 2. The van der Waals surface area contributed by atoms with Crippen LogP contribution in [0.15, 0.2) is 77.7 Å². The van der Waals surface area contributed by atoms with Gasteiger partial charge in [0.15, 0.2) is 0 Å². The summed E-state index contributed by atoms with van der Waals surface area (Å²) in [5.74, 6) is 1.92. The summed E-state index contributed by atoms with van der Waals surface area (Å²) >= 11 is 1.83. The fourth-order valence-corrected chi connectivity index (χ4v) is 4.51. The van der Waals surface area contributed by atoms with Crippen LogP contribution in [0.2, 0.25) is 0 Å². The highest BCUT2D eigenvalue weighted by atomic mass is 32.2. The number of nitrogens with one attached hydrogen (secondary N) is 1. The van der Waals surface area contributed by atoms with Crippen LogP contribution in [0, 0.1) is 0 Å². The third-order valence-electron chi connectivity index (χ3n) is 5.32. The van der Waals surface area contributed by atoms with Crippen LogP contribution in [0.5, 0.6) is 0 Å². The molecule has 0 aliphatic heterocycles. The summed E-state index contributed by atoms with van der Waals surface area (Å²) in [7, 11) is 0. The molecular weight excluding hydrogens is 443 g/mol. The molecule has 3 nitrogen and oxygen atoms in total. The molecule has 0 fully saturated rings. The predicted octanol–water partition coefficient (Wildman–Crippen LogP) is 6.90. The number of halogens is 3. The lowest BCUT2D eigenvalue weighted by Crippen LogP contribution is -2.17. The van der Waals surface area contributed by atoms with E-state index in [1.165, 1.54) is 22.6 Å². The summed E-state index contributed by atoms with van der Waals surface area (Å²) in [6, 6.07) is 22.0. The van der Waals surface area contributed by atoms with Crippen molar-refractivity contribution in [3.05, 3.63) is 95.3 Å². The minimum absolute atomic E-state index is 0.329. The maximum Gasteiger partial charge on any atom is 0.416 e. The zero-order chi connectivity index (χ0) is 23.3. The Balaban J connectivity index is 1.57. The summed E-state index contributed by atoms with van der Waals surface area (Å²) in [6.45, 7) is 3.63. The highest BCUT2D eigenvalue weighted by molar-refractivity contribution is 7.99. The largest absolute Gasteiger partial charge is 0.416 e. The number of aromatic nitrogens is 2. The first-order valence-electron chi connectivity index (χ1n) is 11.0. The first-order chi connectivity index (χ1) is 15.9. The molecule has 172 valence electrons. The van der Waals surface area contributed by atoms with Crippen LogP contribution >= 0.6 is 11.8 Å². The van der Waals surface area contributed by atoms with Gasteiger partial charge >= 0.3 is 6.18 Å². The lowest BCUT2D eigenvalue weighted by atomic mass is 10.1. The average molecular weight is 470 g/mol. The zero-order valence-electron chi connectivity index (χ0n) is 18.4. The molecule has 0 spiro atoms. The third kappa shape index (κ3) is 5.97. The van der Waals surface area contributed by atoms with E-state index in [9.17, 15) is 13.2 Å². The monoisotopic (exact) mass is 469 g/mol. The molecule has 0 aliphatic rings. The second-order valence-corrected chi connectivity index (χ2v) is 9.07. The van der Waals surface area contributed by atoms with E-state index in [0.29, 0.717) is 25.2 Å². The Hall–Kier alpha value is -2.77. The Kier molecular flexibility index (Phi) is 7.40. The van der Waals surface area contributed by atoms with Crippen molar-refractivity contribution in [3.8, 4) is 0 Å². The SMILES string of the molecule is CCCSc1ccc2nc(CNCc3cccc(C(F)(F)F)c3)n(Cc3ccccc3)c2c1. The first kappa shape index (κ1) is 23.4. The maximum atomic E-state index is 13.0. The van der Waals surface area contributed by atoms with E-state index in [2.05, 4.69) is 41.1 Å². The maximum absolute atomic E-state index is 13.0. The van der Waals surface area contributed by atoms with Crippen LogP contribution in [0.3, 0.4) is 0 Å². The van der Waals surface area contributed by atoms with Gasteiger partial charge in [-0.3, -0.25) is 0 Å². The molecule has 1 aromatic heterocycles. The molecule has 7 heteroatoms. The van der Waals surface area contributed by atoms with Crippen molar-refractivity contribution in [2.45, 2.75) is 44.1 Å². The molecular formula is C26H26F3N3S. The Labute approximate surface area is 196 Å². The lowest BCUT2D eigenvalue weighted by molar-refractivity contribution is -0.137. The number of imidazole rings is 1. The molecule has 3 aromatic carbocycles. The number of hydrogen-bond acceptors (Lipinski definition) is 3. The van der Waals surface area contributed by atoms with Crippen molar-refractivity contribution in [1.29, 1.82) is 0 Å². The van der Waals surface area contributed by atoms with Crippen molar-refractivity contribution < 1.29 is 13.2 Å². The molecule has 4 rings (SSSR count). The van der Waals surface area contributed by atoms with Gasteiger partial charge < -0.3 is 9.88 Å². The van der Waals surface area contributed by atoms with Gasteiger partial charge in [-0.05, 0) is 47.6 Å². The summed E-state index contributed by atoms with van der Waals surface area (Å²) in [5, 5.41) is 3.28. The van der Waals surface area contributed by atoms with Crippen LogP contribution in [0.4, 0.5) is 13.2 Å². The number of benzene rings is 3. The van der Waals surface area contributed by atoms with Gasteiger partial charge in [0.05, 0.1) is 23.1 Å². The predicted molar refractivity (Wildman–Crippen MR) is 128 cm³/mol. The van der Waals surface area contributed by atoms with Gasteiger partial charge in [-0.1, -0.05) is 55.5 Å². The van der Waals surface area contributed by atoms with Crippen molar-refractivity contribution in [1.82, 2.24) is 14.9 Å². The van der Waals surface area contributed by atoms with E-state index in [1.54, 1.807) is 6.07 Å². The Morgan fingerprint density at radius 2 is 1.70 bits per heavy atom. The van der Waals surface area contributed by atoms with E-state index in [0.717, 1.165) is 35.1 Å². The van der Waals surface area contributed by atoms with Crippen LogP contribution in [-0.2, 0) is 25.8 Å². The minimum atomic E-state index is -4.34. The number of hydrogen-bond donors (Lipinski definition) is 1. The Morgan fingerprint density at radius 3 is 2.45 bits per heavy atom. The topological polar surface area (TPSA) is 29.9 Å². The molecule has 0 unspecified atom stereocenters. The number of thioether (sulfide) groups is 1. The van der Waals surface area contributed by atoms with E-state index in [-0.39, 0.29) is 0 Å². The van der Waals surface area contributed by atoms with Gasteiger partial charge in [-0.15, -0.1) is 11.8 Å². The second-order valence-electron chi connectivity index (χ2n) is 7.90. The molecule has 0 amide bonds. The summed E-state index contributed by atoms with van der Waals surface area (Å²) in [4.78, 5) is 6.04. The van der Waals surface area contributed by atoms with Crippen molar-refractivity contribution in [2.24, 2.45) is 0 Å². The summed E-state index contributed by atoms with van der Waals surface area (Å²) < 4.78 is 41.2. The fourth-order valence-electron chi connectivity index (χ4n) is 3.72. The molecule has 0 aliphatic carbocycles. The highest BCUT2D eigenvalue weighted by Crippen LogP contribution is 2.29. The quantitative estimate of drug-likeness (QED) is 0.271. The smallest absolute Gasteiger partial charge is 0.322 e. The van der Waals surface area contributed by atoms with Gasteiger partial charge in [-0.25, -0.2) is 4.98 Å². The normalized spacial score (nSPS) is 11.9. The van der Waals surface area contributed by atoms with Crippen molar-refractivity contribution in [3.63, 3.8) is 0 Å². The standard InChI is InChI=1S/C26H26F3N3S/c1-2-13-33-22-11-12-23-24(15-22)32(18-19-7-4-3-5-8-19)25(31-23)17-30-16-20-9-6-10-21(14-20)26(27,28)29/h3-12,14-15,30H,2,13,16-18H2,1H3. The molecule has 0 saturated carbocycles. The van der Waals surface area contributed by atoms with Crippen molar-refractivity contribution >= 4 is 22.8 Å². The van der Waals surface area contributed by atoms with E-state index in [4.69, 9.17) is 4.98 Å². The van der Waals surface area contributed by atoms with Crippen molar-refractivity contribution in [2.75, 3.05) is 5.75 Å². The first-order valence-corrected chi connectivity index (χ1v) is 12.0. The Bertz CT molecular complexity index is 1200. The Morgan fingerprint density at radius 1 is 0.909 bits per heavy atom. The zero-order valence-corrected chi connectivity index (χ0v) is 19.2. The number of fused-ring (bicyclic) bond motifs is 1. The van der Waals surface area contributed by atoms with Crippen LogP contribution in [-0.4, -0.2) is 15.3 Å². The molecule has 0 saturated heterocycles. The number of rotatable bonds is 9. The molecule has 0 bridgehead atoms. The van der Waals surface area contributed by atoms with Gasteiger partial charge in [-0.2, -0.15) is 13.2 Å². The minimum Gasteiger partial charge on any atom is -0.322 e. The molecule has 4 aromatic rings. The second kappa shape index (κ2) is 10.4. The number of alkyl halides is 3. The molecule has 1 N–H and O–H groups in total. The third-order valence-corrected chi connectivity index (χ3v) is 6.52. The van der Waals surface area contributed by atoms with Gasteiger partial charge in [0.2, 0.25) is 0 Å². The molecule has 33 heavy (non-hydrogen) atoms.